The van der Waals surface area contributed by atoms with Crippen molar-refractivity contribution in [2.45, 2.75) is 45.1 Å². The maximum atomic E-state index is 12.3. The van der Waals surface area contributed by atoms with Gasteiger partial charge in [0.1, 0.15) is 5.75 Å². The Morgan fingerprint density at radius 1 is 1.38 bits per heavy atom. The van der Waals surface area contributed by atoms with Crippen molar-refractivity contribution >= 4 is 34.2 Å². The van der Waals surface area contributed by atoms with Gasteiger partial charge >= 0.3 is 0 Å². The molecule has 2 rings (SSSR count). The fourth-order valence-corrected chi connectivity index (χ4v) is 3.19. The molecule has 0 radical (unpaired) electrons. The monoisotopic (exact) mass is 418 g/mol. The second-order valence-corrected chi connectivity index (χ2v) is 7.28. The van der Waals surface area contributed by atoms with Gasteiger partial charge < -0.3 is 15.4 Å². The average molecular weight is 420 g/mol. The zero-order chi connectivity index (χ0) is 16.7. The van der Waals surface area contributed by atoms with Crippen LogP contribution >= 0.6 is 28.3 Å². The molecule has 2 N–H and O–H groups in total. The average Bonchev–Trinajstić information content (AvgIpc) is 2.56. The summed E-state index contributed by atoms with van der Waals surface area (Å²) in [6, 6.07) is 7.98. The molecule has 1 aliphatic heterocycles. The van der Waals surface area contributed by atoms with Gasteiger partial charge in [-0.15, -0.1) is 12.4 Å². The minimum absolute atomic E-state index is 0. The Morgan fingerprint density at radius 3 is 2.75 bits per heavy atom. The topological polar surface area (TPSA) is 55.6 Å². The van der Waals surface area contributed by atoms with Crippen molar-refractivity contribution in [1.29, 1.82) is 0 Å². The quantitative estimate of drug-likeness (QED) is 0.679. The highest BCUT2D eigenvalue weighted by Gasteiger charge is 2.25. The molecular formula is C18H28BrClN2O2. The van der Waals surface area contributed by atoms with Crippen LogP contribution in [-0.2, 0) is 4.79 Å². The van der Waals surface area contributed by atoms with Crippen molar-refractivity contribution in [2.75, 3.05) is 19.7 Å². The SMILES string of the molecule is CC(N)C1CCCN(C(=O)CCCCOc2ccc(Br)cc2)C1.Cl. The van der Waals surface area contributed by atoms with E-state index in [4.69, 9.17) is 10.5 Å². The number of benzene rings is 1. The maximum Gasteiger partial charge on any atom is 0.222 e. The van der Waals surface area contributed by atoms with Gasteiger partial charge in [-0.05, 0) is 62.8 Å². The number of nitrogens with two attached hydrogens (primary N) is 1. The zero-order valence-corrected chi connectivity index (χ0v) is 16.7. The van der Waals surface area contributed by atoms with Crippen LogP contribution in [0.15, 0.2) is 28.7 Å². The number of halogens is 2. The van der Waals surface area contributed by atoms with Crippen molar-refractivity contribution in [3.63, 3.8) is 0 Å². The molecule has 1 amide bonds. The third-order valence-corrected chi connectivity index (χ3v) is 4.95. The van der Waals surface area contributed by atoms with Crippen LogP contribution in [0.25, 0.3) is 0 Å². The summed E-state index contributed by atoms with van der Waals surface area (Å²) in [7, 11) is 0. The molecule has 1 aromatic carbocycles. The standard InChI is InChI=1S/C18H27BrN2O2.ClH/c1-14(20)15-5-4-11-21(13-15)18(22)6-2-3-12-23-17-9-7-16(19)8-10-17;/h7-10,14-15H,2-6,11-13,20H2,1H3;1H. The van der Waals surface area contributed by atoms with E-state index in [1.54, 1.807) is 0 Å². The minimum atomic E-state index is 0. The van der Waals surface area contributed by atoms with Crippen LogP contribution in [-0.4, -0.2) is 36.5 Å². The van der Waals surface area contributed by atoms with E-state index in [1.165, 1.54) is 0 Å². The normalized spacial score (nSPS) is 18.6. The van der Waals surface area contributed by atoms with Gasteiger partial charge in [0.25, 0.3) is 0 Å². The highest BCUT2D eigenvalue weighted by Crippen LogP contribution is 2.20. The summed E-state index contributed by atoms with van der Waals surface area (Å²) in [5, 5.41) is 0. The van der Waals surface area contributed by atoms with Crippen LogP contribution < -0.4 is 10.5 Å². The summed E-state index contributed by atoms with van der Waals surface area (Å²) in [5.41, 5.74) is 5.98. The summed E-state index contributed by atoms with van der Waals surface area (Å²) in [6.07, 6.45) is 4.59. The lowest BCUT2D eigenvalue weighted by molar-refractivity contribution is -0.133. The molecule has 0 aromatic heterocycles. The zero-order valence-electron chi connectivity index (χ0n) is 14.2. The number of nitrogens with zero attached hydrogens (tertiary/aromatic N) is 1. The van der Waals surface area contributed by atoms with E-state index >= 15 is 0 Å². The van der Waals surface area contributed by atoms with Crippen LogP contribution in [0.4, 0.5) is 0 Å². The predicted molar refractivity (Wildman–Crippen MR) is 104 cm³/mol. The number of carbonyl (C=O) groups excluding carboxylic acids is 1. The Morgan fingerprint density at radius 2 is 2.08 bits per heavy atom. The highest BCUT2D eigenvalue weighted by atomic mass is 79.9. The summed E-state index contributed by atoms with van der Waals surface area (Å²) >= 11 is 3.40. The Balaban J connectivity index is 0.00000288. The lowest BCUT2D eigenvalue weighted by atomic mass is 9.92. The molecule has 1 aliphatic rings. The number of hydrogen-bond acceptors (Lipinski definition) is 3. The molecule has 2 unspecified atom stereocenters. The second kappa shape index (κ2) is 11.0. The maximum absolute atomic E-state index is 12.3. The number of piperidine rings is 1. The van der Waals surface area contributed by atoms with Gasteiger partial charge in [-0.1, -0.05) is 15.9 Å². The first kappa shape index (κ1) is 21.3. The van der Waals surface area contributed by atoms with Crippen molar-refractivity contribution in [2.24, 2.45) is 11.7 Å². The smallest absolute Gasteiger partial charge is 0.222 e. The molecule has 1 saturated heterocycles. The molecular weight excluding hydrogens is 392 g/mol. The first-order valence-corrected chi connectivity index (χ1v) is 9.27. The van der Waals surface area contributed by atoms with Gasteiger partial charge in [-0.2, -0.15) is 0 Å². The summed E-state index contributed by atoms with van der Waals surface area (Å²) in [5.74, 6) is 1.59. The van der Waals surface area contributed by atoms with Crippen LogP contribution in [0.5, 0.6) is 5.75 Å². The third kappa shape index (κ3) is 6.99. The minimum Gasteiger partial charge on any atom is -0.494 e. The Bertz CT molecular complexity index is 496. The molecule has 1 aromatic rings. The van der Waals surface area contributed by atoms with E-state index in [1.807, 2.05) is 36.1 Å². The van der Waals surface area contributed by atoms with Gasteiger partial charge in [0.2, 0.25) is 5.91 Å². The first-order chi connectivity index (χ1) is 11.1. The van der Waals surface area contributed by atoms with Gasteiger partial charge in [0, 0.05) is 30.0 Å². The molecule has 0 saturated carbocycles. The van der Waals surface area contributed by atoms with Crippen molar-refractivity contribution in [1.82, 2.24) is 4.90 Å². The molecule has 4 nitrogen and oxygen atoms in total. The summed E-state index contributed by atoms with van der Waals surface area (Å²) in [6.45, 7) is 4.40. The summed E-state index contributed by atoms with van der Waals surface area (Å²) in [4.78, 5) is 14.3. The molecule has 0 spiro atoms. The molecule has 136 valence electrons. The molecule has 1 heterocycles. The fraction of sp³-hybridized carbons (Fsp3) is 0.611. The van der Waals surface area contributed by atoms with Gasteiger partial charge in [0.05, 0.1) is 6.61 Å². The van der Waals surface area contributed by atoms with E-state index in [2.05, 4.69) is 15.9 Å². The van der Waals surface area contributed by atoms with Crippen LogP contribution in [0, 0.1) is 5.92 Å². The Labute approximate surface area is 159 Å². The summed E-state index contributed by atoms with van der Waals surface area (Å²) < 4.78 is 6.72. The molecule has 0 bridgehead atoms. The van der Waals surface area contributed by atoms with Crippen LogP contribution in [0.3, 0.4) is 0 Å². The number of unbranched alkanes of at least 4 members (excludes halogenated alkanes) is 1. The van der Waals surface area contributed by atoms with Crippen LogP contribution in [0.1, 0.15) is 39.0 Å². The Kier molecular flexibility index (Phi) is 9.71. The number of hydrogen-bond donors (Lipinski definition) is 1. The third-order valence-electron chi connectivity index (χ3n) is 4.42. The second-order valence-electron chi connectivity index (χ2n) is 6.36. The number of rotatable bonds is 7. The largest absolute Gasteiger partial charge is 0.494 e. The van der Waals surface area contributed by atoms with E-state index in [-0.39, 0.29) is 24.4 Å². The molecule has 0 aliphatic carbocycles. The molecule has 6 heteroatoms. The molecule has 24 heavy (non-hydrogen) atoms. The van der Waals surface area contributed by atoms with Crippen molar-refractivity contribution in [3.05, 3.63) is 28.7 Å². The lowest BCUT2D eigenvalue weighted by Gasteiger charge is -2.34. The number of ether oxygens (including phenoxy) is 1. The van der Waals surface area contributed by atoms with Crippen molar-refractivity contribution in [3.8, 4) is 5.75 Å². The van der Waals surface area contributed by atoms with Gasteiger partial charge in [0.15, 0.2) is 0 Å². The number of likely N-dealkylation sites (tertiary alicyclic amines) is 1. The molecule has 2 atom stereocenters. The highest BCUT2D eigenvalue weighted by molar-refractivity contribution is 9.10. The van der Waals surface area contributed by atoms with E-state index in [0.717, 1.165) is 49.0 Å². The fourth-order valence-electron chi connectivity index (χ4n) is 2.92. The number of carbonyl (C=O) groups is 1. The molecule has 1 fully saturated rings. The Hall–Kier alpha value is -0.780. The number of amides is 1. The van der Waals surface area contributed by atoms with Gasteiger partial charge in [-0.3, -0.25) is 4.79 Å². The van der Waals surface area contributed by atoms with Crippen molar-refractivity contribution < 1.29 is 9.53 Å². The van der Waals surface area contributed by atoms with Crippen LogP contribution in [0.2, 0.25) is 0 Å². The van der Waals surface area contributed by atoms with E-state index < -0.39 is 0 Å². The van der Waals surface area contributed by atoms with E-state index in [9.17, 15) is 4.79 Å². The van der Waals surface area contributed by atoms with E-state index in [0.29, 0.717) is 18.9 Å². The lowest BCUT2D eigenvalue weighted by Crippen LogP contribution is -2.45. The predicted octanol–water partition coefficient (Wildman–Crippen LogP) is 4.01. The first-order valence-electron chi connectivity index (χ1n) is 8.48. The van der Waals surface area contributed by atoms with Gasteiger partial charge in [-0.25, -0.2) is 0 Å².